The van der Waals surface area contributed by atoms with E-state index >= 15 is 0 Å². The van der Waals surface area contributed by atoms with Gasteiger partial charge in [-0.25, -0.2) is 9.69 Å². The maximum atomic E-state index is 13.0. The molecule has 5 nitrogen and oxygen atoms in total. The number of ether oxygens (including phenoxy) is 1. The van der Waals surface area contributed by atoms with E-state index in [2.05, 4.69) is 4.74 Å². The van der Waals surface area contributed by atoms with Crippen molar-refractivity contribution in [2.45, 2.75) is 32.3 Å². The largest absolute Gasteiger partial charge is 0.573 e. The molecule has 0 N–H and O–H groups in total. The number of hydrogen-bond acceptors (Lipinski definition) is 3. The van der Waals surface area contributed by atoms with E-state index in [1.165, 1.54) is 35.2 Å². The lowest BCUT2D eigenvalue weighted by Gasteiger charge is -2.27. The first-order valence-electron chi connectivity index (χ1n) is 8.36. The van der Waals surface area contributed by atoms with Gasteiger partial charge < -0.3 is 9.64 Å². The Morgan fingerprint density at radius 1 is 1.00 bits per heavy atom. The highest BCUT2D eigenvalue weighted by Crippen LogP contribution is 2.36. The van der Waals surface area contributed by atoms with Crippen LogP contribution in [0.15, 0.2) is 42.5 Å². The van der Waals surface area contributed by atoms with E-state index in [1.807, 2.05) is 0 Å². The van der Waals surface area contributed by atoms with Crippen LogP contribution in [0.4, 0.5) is 23.7 Å². The molecule has 0 unspecified atom stereocenters. The summed E-state index contributed by atoms with van der Waals surface area (Å²) in [6, 6.07) is 8.93. The first-order chi connectivity index (χ1) is 13.4. The van der Waals surface area contributed by atoms with Gasteiger partial charge in [0, 0.05) is 6.54 Å². The molecule has 0 bridgehead atoms. The normalized spacial score (nSPS) is 16.5. The molecule has 3 rings (SSSR count). The smallest absolute Gasteiger partial charge is 0.406 e. The monoisotopic (exact) mass is 446 g/mol. The number of hydrogen-bond donors (Lipinski definition) is 0. The third kappa shape index (κ3) is 4.28. The molecule has 154 valence electrons. The van der Waals surface area contributed by atoms with Gasteiger partial charge in [-0.1, -0.05) is 35.3 Å². The molecule has 1 heterocycles. The van der Waals surface area contributed by atoms with Crippen molar-refractivity contribution < 1.29 is 27.5 Å². The molecule has 2 aromatic rings. The van der Waals surface area contributed by atoms with E-state index in [0.717, 1.165) is 17.0 Å². The fraction of sp³-hybridized carbons (Fsp3) is 0.263. The van der Waals surface area contributed by atoms with E-state index in [1.54, 1.807) is 13.8 Å². The van der Waals surface area contributed by atoms with Gasteiger partial charge in [0.05, 0.1) is 15.7 Å². The number of anilines is 1. The van der Waals surface area contributed by atoms with Crippen LogP contribution in [-0.2, 0) is 11.3 Å². The lowest BCUT2D eigenvalue weighted by Crippen LogP contribution is -2.43. The number of rotatable bonds is 4. The number of benzene rings is 2. The zero-order valence-corrected chi connectivity index (χ0v) is 16.8. The van der Waals surface area contributed by atoms with Gasteiger partial charge in [0.1, 0.15) is 11.3 Å². The number of carbonyl (C=O) groups is 2. The molecule has 10 heteroatoms. The molecular weight excluding hydrogens is 432 g/mol. The molecule has 0 saturated carbocycles. The topological polar surface area (TPSA) is 49.9 Å². The summed E-state index contributed by atoms with van der Waals surface area (Å²) in [6.45, 7) is 3.19. The zero-order chi connectivity index (χ0) is 21.6. The van der Waals surface area contributed by atoms with E-state index in [0.29, 0.717) is 5.56 Å². The minimum atomic E-state index is -4.79. The Balaban J connectivity index is 1.85. The van der Waals surface area contributed by atoms with E-state index in [9.17, 15) is 22.8 Å². The maximum absolute atomic E-state index is 13.0. The maximum Gasteiger partial charge on any atom is 0.573 e. The molecule has 1 aliphatic heterocycles. The summed E-state index contributed by atoms with van der Waals surface area (Å²) >= 11 is 11.9. The predicted octanol–water partition coefficient (Wildman–Crippen LogP) is 5.64. The molecule has 0 atom stereocenters. The summed E-state index contributed by atoms with van der Waals surface area (Å²) in [6.07, 6.45) is -4.79. The molecule has 1 fully saturated rings. The van der Waals surface area contributed by atoms with Crippen molar-refractivity contribution in [3.63, 3.8) is 0 Å². The van der Waals surface area contributed by atoms with Crippen molar-refractivity contribution in [2.75, 3.05) is 4.90 Å². The van der Waals surface area contributed by atoms with Gasteiger partial charge in [0.15, 0.2) is 0 Å². The van der Waals surface area contributed by atoms with Gasteiger partial charge in [0.2, 0.25) is 0 Å². The molecule has 1 aliphatic rings. The Morgan fingerprint density at radius 2 is 1.62 bits per heavy atom. The number of imide groups is 1. The molecule has 0 aromatic heterocycles. The summed E-state index contributed by atoms with van der Waals surface area (Å²) in [5, 5.41) is 0.480. The molecule has 0 radical (unpaired) electrons. The van der Waals surface area contributed by atoms with Gasteiger partial charge in [-0.3, -0.25) is 4.79 Å². The zero-order valence-electron chi connectivity index (χ0n) is 15.3. The Hall–Kier alpha value is -2.45. The first-order valence-corrected chi connectivity index (χ1v) is 9.11. The first kappa shape index (κ1) is 21.3. The Kier molecular flexibility index (Phi) is 5.44. The second-order valence-corrected chi connectivity index (χ2v) is 7.67. The number of amides is 3. The summed E-state index contributed by atoms with van der Waals surface area (Å²) in [5.41, 5.74) is -0.367. The molecule has 0 aliphatic carbocycles. The highest BCUT2D eigenvalue weighted by atomic mass is 35.5. The third-order valence-electron chi connectivity index (χ3n) is 4.48. The van der Waals surface area contributed by atoms with Crippen molar-refractivity contribution in [2.24, 2.45) is 0 Å². The van der Waals surface area contributed by atoms with Gasteiger partial charge >= 0.3 is 12.4 Å². The highest BCUT2D eigenvalue weighted by molar-refractivity contribution is 6.42. The van der Waals surface area contributed by atoms with Crippen molar-refractivity contribution in [3.05, 3.63) is 58.1 Å². The van der Waals surface area contributed by atoms with E-state index in [4.69, 9.17) is 23.2 Å². The van der Waals surface area contributed by atoms with Crippen LogP contribution in [-0.4, -0.2) is 28.7 Å². The van der Waals surface area contributed by atoms with Crippen LogP contribution in [0.5, 0.6) is 5.75 Å². The molecular formula is C19H15Cl2F3N2O3. The van der Waals surface area contributed by atoms with E-state index in [-0.39, 0.29) is 28.0 Å². The van der Waals surface area contributed by atoms with E-state index < -0.39 is 23.8 Å². The molecule has 1 saturated heterocycles. The standard InChI is InChI=1S/C19H15Cl2F3N2O3/c1-18(2)16(27)26(12-5-8-14(20)15(21)9-12)17(28)25(18)10-11-3-6-13(7-4-11)29-19(22,23)24/h3-9H,10H2,1-2H3. The molecule has 3 amide bonds. The molecule has 2 aromatic carbocycles. The van der Waals surface area contributed by atoms with Crippen LogP contribution in [0, 0.1) is 0 Å². The fourth-order valence-corrected chi connectivity index (χ4v) is 3.22. The van der Waals surface area contributed by atoms with Crippen molar-refractivity contribution in [1.29, 1.82) is 0 Å². The second-order valence-electron chi connectivity index (χ2n) is 6.86. The second kappa shape index (κ2) is 7.42. The highest BCUT2D eigenvalue weighted by Gasteiger charge is 2.51. The predicted molar refractivity (Wildman–Crippen MR) is 102 cm³/mol. The quantitative estimate of drug-likeness (QED) is 0.571. The number of urea groups is 1. The van der Waals surface area contributed by atoms with Gasteiger partial charge in [0.25, 0.3) is 5.91 Å². The Bertz CT molecular complexity index is 962. The van der Waals surface area contributed by atoms with Crippen LogP contribution < -0.4 is 9.64 Å². The summed E-state index contributed by atoms with van der Waals surface area (Å²) < 4.78 is 40.7. The minimum absolute atomic E-state index is 0.0156. The lowest BCUT2D eigenvalue weighted by atomic mass is 10.0. The van der Waals surface area contributed by atoms with Crippen LogP contribution >= 0.6 is 23.2 Å². The lowest BCUT2D eigenvalue weighted by molar-refractivity contribution is -0.274. The minimum Gasteiger partial charge on any atom is -0.406 e. The van der Waals surface area contributed by atoms with Crippen LogP contribution in [0.2, 0.25) is 10.0 Å². The number of alkyl halides is 3. The van der Waals surface area contributed by atoms with Crippen LogP contribution in [0.1, 0.15) is 19.4 Å². The third-order valence-corrected chi connectivity index (χ3v) is 5.22. The van der Waals surface area contributed by atoms with Crippen LogP contribution in [0.25, 0.3) is 0 Å². The van der Waals surface area contributed by atoms with Gasteiger partial charge in [-0.15, -0.1) is 13.2 Å². The average molecular weight is 447 g/mol. The Labute approximate surface area is 174 Å². The summed E-state index contributed by atoms with van der Waals surface area (Å²) in [4.78, 5) is 28.2. The van der Waals surface area contributed by atoms with Crippen molar-refractivity contribution in [1.82, 2.24) is 4.90 Å². The Morgan fingerprint density at radius 3 is 2.17 bits per heavy atom. The SMILES string of the molecule is CC1(C)C(=O)N(c2ccc(Cl)c(Cl)c2)C(=O)N1Cc1ccc(OC(F)(F)F)cc1. The number of nitrogens with zero attached hydrogens (tertiary/aromatic N) is 2. The van der Waals surface area contributed by atoms with Gasteiger partial charge in [-0.05, 0) is 49.7 Å². The molecule has 0 spiro atoms. The average Bonchev–Trinajstić information content (AvgIpc) is 2.78. The summed E-state index contributed by atoms with van der Waals surface area (Å²) in [7, 11) is 0. The van der Waals surface area contributed by atoms with Crippen molar-refractivity contribution >= 4 is 40.8 Å². The molecule has 29 heavy (non-hydrogen) atoms. The number of carbonyl (C=O) groups excluding carboxylic acids is 2. The fourth-order valence-electron chi connectivity index (χ4n) is 2.93. The van der Waals surface area contributed by atoms with Crippen molar-refractivity contribution in [3.8, 4) is 5.75 Å². The number of halogens is 5. The van der Waals surface area contributed by atoms with Crippen LogP contribution in [0.3, 0.4) is 0 Å². The summed E-state index contributed by atoms with van der Waals surface area (Å²) in [5.74, 6) is -0.834. The van der Waals surface area contributed by atoms with Gasteiger partial charge in [-0.2, -0.15) is 0 Å².